The third-order valence-corrected chi connectivity index (χ3v) is 3.08. The Morgan fingerprint density at radius 1 is 1.16 bits per heavy atom. The first-order valence-electron chi connectivity index (χ1n) is 6.14. The van der Waals surface area contributed by atoms with Crippen LogP contribution in [0.5, 0.6) is 0 Å². The number of fused-ring (bicyclic) bond motifs is 1. The van der Waals surface area contributed by atoms with Gasteiger partial charge in [-0.05, 0) is 24.6 Å². The van der Waals surface area contributed by atoms with E-state index in [0.717, 1.165) is 23.6 Å². The fourth-order valence-electron chi connectivity index (χ4n) is 2.07. The zero-order chi connectivity index (χ0) is 13.2. The molecule has 0 aliphatic rings. The molecule has 0 radical (unpaired) electrons. The molecular formula is C14H15N5. The van der Waals surface area contributed by atoms with Crippen molar-refractivity contribution < 1.29 is 0 Å². The number of anilines is 2. The van der Waals surface area contributed by atoms with E-state index < -0.39 is 0 Å². The summed E-state index contributed by atoms with van der Waals surface area (Å²) < 4.78 is 1.75. The van der Waals surface area contributed by atoms with E-state index in [1.54, 1.807) is 4.52 Å². The highest BCUT2D eigenvalue weighted by Gasteiger charge is 2.06. The second kappa shape index (κ2) is 4.61. The van der Waals surface area contributed by atoms with E-state index in [9.17, 15) is 0 Å². The lowest BCUT2D eigenvalue weighted by Crippen LogP contribution is -2.04. The van der Waals surface area contributed by atoms with E-state index in [1.165, 1.54) is 5.56 Å². The number of aryl methyl sites for hydroxylation is 1. The molecule has 5 nitrogen and oxygen atoms in total. The van der Waals surface area contributed by atoms with Gasteiger partial charge in [0.1, 0.15) is 0 Å². The molecule has 0 bridgehead atoms. The van der Waals surface area contributed by atoms with Crippen molar-refractivity contribution in [2.24, 2.45) is 0 Å². The van der Waals surface area contributed by atoms with Crippen LogP contribution in [0.2, 0.25) is 0 Å². The van der Waals surface area contributed by atoms with Crippen molar-refractivity contribution in [1.29, 1.82) is 0 Å². The van der Waals surface area contributed by atoms with E-state index in [2.05, 4.69) is 27.5 Å². The van der Waals surface area contributed by atoms with Gasteiger partial charge in [-0.2, -0.15) is 4.98 Å². The van der Waals surface area contributed by atoms with Crippen LogP contribution in [-0.4, -0.2) is 14.6 Å². The van der Waals surface area contributed by atoms with Gasteiger partial charge in [-0.1, -0.05) is 30.3 Å². The summed E-state index contributed by atoms with van der Waals surface area (Å²) in [5.74, 6) is 0.295. The summed E-state index contributed by atoms with van der Waals surface area (Å²) in [5.41, 5.74) is 9.64. The number of hydrogen-bond donors (Lipinski definition) is 2. The number of pyridine rings is 1. The SMILES string of the molecule is Cc1c(NCc2ccccc2)ccc2nc(N)nn12. The lowest BCUT2D eigenvalue weighted by molar-refractivity contribution is 0.917. The van der Waals surface area contributed by atoms with Crippen LogP contribution >= 0.6 is 0 Å². The molecule has 2 aromatic heterocycles. The second-order valence-corrected chi connectivity index (χ2v) is 4.41. The lowest BCUT2D eigenvalue weighted by Gasteiger charge is -2.10. The van der Waals surface area contributed by atoms with Crippen molar-refractivity contribution in [3.8, 4) is 0 Å². The van der Waals surface area contributed by atoms with Gasteiger partial charge in [0, 0.05) is 6.54 Å². The minimum absolute atomic E-state index is 0.295. The number of benzene rings is 1. The van der Waals surface area contributed by atoms with Gasteiger partial charge >= 0.3 is 0 Å². The molecular weight excluding hydrogens is 238 g/mol. The van der Waals surface area contributed by atoms with Crippen molar-refractivity contribution in [3.05, 3.63) is 53.7 Å². The van der Waals surface area contributed by atoms with Gasteiger partial charge in [0.05, 0.1) is 11.4 Å². The molecule has 3 rings (SSSR count). The molecule has 5 heteroatoms. The molecule has 3 aromatic rings. The monoisotopic (exact) mass is 253 g/mol. The fourth-order valence-corrected chi connectivity index (χ4v) is 2.07. The Labute approximate surface area is 111 Å². The Morgan fingerprint density at radius 2 is 1.95 bits per heavy atom. The normalized spacial score (nSPS) is 10.8. The summed E-state index contributed by atoms with van der Waals surface area (Å²) in [6.07, 6.45) is 0. The number of nitrogens with two attached hydrogens (primary N) is 1. The Balaban J connectivity index is 1.87. The first kappa shape index (κ1) is 11.5. The maximum atomic E-state index is 5.61. The van der Waals surface area contributed by atoms with Crippen LogP contribution in [0.1, 0.15) is 11.3 Å². The topological polar surface area (TPSA) is 68.2 Å². The first-order valence-corrected chi connectivity index (χ1v) is 6.14. The predicted molar refractivity (Wildman–Crippen MR) is 75.9 cm³/mol. The van der Waals surface area contributed by atoms with Gasteiger partial charge < -0.3 is 11.1 Å². The number of aromatic nitrogens is 3. The Bertz CT molecular complexity index is 702. The molecule has 1 aromatic carbocycles. The van der Waals surface area contributed by atoms with Gasteiger partial charge in [-0.25, -0.2) is 4.52 Å². The van der Waals surface area contributed by atoms with E-state index in [4.69, 9.17) is 5.73 Å². The maximum absolute atomic E-state index is 5.61. The van der Waals surface area contributed by atoms with E-state index >= 15 is 0 Å². The van der Waals surface area contributed by atoms with Crippen molar-refractivity contribution in [2.75, 3.05) is 11.1 Å². The molecule has 0 spiro atoms. The Morgan fingerprint density at radius 3 is 2.74 bits per heavy atom. The summed E-state index contributed by atoms with van der Waals surface area (Å²) in [7, 11) is 0. The minimum atomic E-state index is 0.295. The van der Waals surface area contributed by atoms with E-state index in [-0.39, 0.29) is 0 Å². The average Bonchev–Trinajstić information content (AvgIpc) is 2.81. The summed E-state index contributed by atoms with van der Waals surface area (Å²) in [6.45, 7) is 2.77. The van der Waals surface area contributed by atoms with Crippen LogP contribution in [0, 0.1) is 6.92 Å². The van der Waals surface area contributed by atoms with Gasteiger partial charge in [-0.15, -0.1) is 5.10 Å². The number of hydrogen-bond acceptors (Lipinski definition) is 4. The molecule has 0 amide bonds. The molecule has 0 aliphatic carbocycles. The minimum Gasteiger partial charge on any atom is -0.379 e. The molecule has 0 fully saturated rings. The summed E-state index contributed by atoms with van der Waals surface area (Å²) in [4.78, 5) is 4.14. The number of nitrogens with one attached hydrogen (secondary N) is 1. The molecule has 19 heavy (non-hydrogen) atoms. The molecule has 0 saturated carbocycles. The smallest absolute Gasteiger partial charge is 0.240 e. The van der Waals surface area contributed by atoms with Crippen LogP contribution in [0.4, 0.5) is 11.6 Å². The zero-order valence-corrected chi connectivity index (χ0v) is 10.7. The van der Waals surface area contributed by atoms with Crippen LogP contribution in [0.25, 0.3) is 5.65 Å². The van der Waals surface area contributed by atoms with Crippen molar-refractivity contribution >= 4 is 17.3 Å². The molecule has 0 unspecified atom stereocenters. The highest BCUT2D eigenvalue weighted by atomic mass is 15.3. The molecule has 3 N–H and O–H groups in total. The van der Waals surface area contributed by atoms with Crippen molar-refractivity contribution in [3.63, 3.8) is 0 Å². The quantitative estimate of drug-likeness (QED) is 0.751. The van der Waals surface area contributed by atoms with Gasteiger partial charge in [0.2, 0.25) is 5.95 Å². The predicted octanol–water partition coefficient (Wildman–Crippen LogP) is 2.23. The van der Waals surface area contributed by atoms with Crippen LogP contribution in [0.15, 0.2) is 42.5 Å². The van der Waals surface area contributed by atoms with Crippen molar-refractivity contribution in [2.45, 2.75) is 13.5 Å². The number of nitrogens with zero attached hydrogens (tertiary/aromatic N) is 3. The van der Waals surface area contributed by atoms with Gasteiger partial charge in [0.25, 0.3) is 0 Å². The third kappa shape index (κ3) is 2.22. The highest BCUT2D eigenvalue weighted by Crippen LogP contribution is 2.17. The molecule has 96 valence electrons. The first-order chi connectivity index (χ1) is 9.24. The molecule has 0 aliphatic heterocycles. The molecule has 0 saturated heterocycles. The van der Waals surface area contributed by atoms with Crippen LogP contribution in [0.3, 0.4) is 0 Å². The number of nitrogen functional groups attached to an aromatic ring is 1. The lowest BCUT2D eigenvalue weighted by atomic mass is 10.2. The maximum Gasteiger partial charge on any atom is 0.240 e. The average molecular weight is 253 g/mol. The highest BCUT2D eigenvalue weighted by molar-refractivity contribution is 5.56. The summed E-state index contributed by atoms with van der Waals surface area (Å²) in [5, 5.41) is 7.57. The second-order valence-electron chi connectivity index (χ2n) is 4.41. The standard InChI is InChI=1S/C14H15N5/c1-10-12(16-9-11-5-3-2-4-6-11)7-8-13-17-14(15)18-19(10)13/h2-8,16H,9H2,1H3,(H2,15,18). The van der Waals surface area contributed by atoms with Gasteiger partial charge in [-0.3, -0.25) is 0 Å². The summed E-state index contributed by atoms with van der Waals surface area (Å²) in [6, 6.07) is 14.2. The summed E-state index contributed by atoms with van der Waals surface area (Å²) >= 11 is 0. The van der Waals surface area contributed by atoms with Crippen LogP contribution < -0.4 is 11.1 Å². The number of rotatable bonds is 3. The van der Waals surface area contributed by atoms with E-state index in [1.807, 2.05) is 37.3 Å². The molecule has 0 atom stereocenters. The largest absolute Gasteiger partial charge is 0.379 e. The van der Waals surface area contributed by atoms with Gasteiger partial charge in [0.15, 0.2) is 5.65 Å². The third-order valence-electron chi connectivity index (χ3n) is 3.08. The molecule has 2 heterocycles. The fraction of sp³-hybridized carbons (Fsp3) is 0.143. The zero-order valence-electron chi connectivity index (χ0n) is 10.7. The Hall–Kier alpha value is -2.56. The Kier molecular flexibility index (Phi) is 2.79. The van der Waals surface area contributed by atoms with Crippen LogP contribution in [-0.2, 0) is 6.54 Å². The van der Waals surface area contributed by atoms with E-state index in [0.29, 0.717) is 5.95 Å². The van der Waals surface area contributed by atoms with Crippen molar-refractivity contribution in [1.82, 2.24) is 14.6 Å².